The first-order valence-electron chi connectivity index (χ1n) is 6.08. The van der Waals surface area contributed by atoms with Crippen LogP contribution in [0.1, 0.15) is 19.8 Å². The van der Waals surface area contributed by atoms with Crippen LogP contribution in [0.15, 0.2) is 24.3 Å². The topological polar surface area (TPSA) is 84.2 Å². The molecule has 0 saturated carbocycles. The van der Waals surface area contributed by atoms with Crippen LogP contribution in [0.5, 0.6) is 0 Å². The number of halogens is 2. The number of hydrogen-bond acceptors (Lipinski definition) is 3. The average Bonchev–Trinajstić information content (AvgIpc) is 2.37. The molecular weight excluding hydrogens is 301 g/mol. The Morgan fingerprint density at radius 1 is 1.30 bits per heavy atom. The van der Waals surface area contributed by atoms with E-state index >= 15 is 0 Å². The third-order valence-corrected chi connectivity index (χ3v) is 2.67. The van der Waals surface area contributed by atoms with E-state index in [1.54, 1.807) is 31.2 Å². The molecule has 0 heterocycles. The Morgan fingerprint density at radius 3 is 2.45 bits per heavy atom. The van der Waals surface area contributed by atoms with E-state index < -0.39 is 6.04 Å². The molecule has 0 aliphatic heterocycles. The molecule has 0 spiro atoms. The fourth-order valence-electron chi connectivity index (χ4n) is 1.38. The lowest BCUT2D eigenvalue weighted by Gasteiger charge is -2.08. The maximum Gasteiger partial charge on any atom is 0.236 e. The third-order valence-electron chi connectivity index (χ3n) is 2.42. The van der Waals surface area contributed by atoms with E-state index in [9.17, 15) is 9.59 Å². The van der Waals surface area contributed by atoms with Crippen molar-refractivity contribution in [2.45, 2.75) is 25.8 Å². The lowest BCUT2D eigenvalue weighted by Crippen LogP contribution is -2.38. The van der Waals surface area contributed by atoms with E-state index in [0.717, 1.165) is 0 Å². The number of nitrogens with one attached hydrogen (secondary N) is 2. The van der Waals surface area contributed by atoms with Gasteiger partial charge in [-0.3, -0.25) is 9.59 Å². The Morgan fingerprint density at radius 2 is 1.90 bits per heavy atom. The van der Waals surface area contributed by atoms with Gasteiger partial charge in [-0.2, -0.15) is 0 Å². The first-order valence-corrected chi connectivity index (χ1v) is 6.45. The summed E-state index contributed by atoms with van der Waals surface area (Å²) in [6.07, 6.45) is 0.903. The van der Waals surface area contributed by atoms with Gasteiger partial charge in [0.25, 0.3) is 0 Å². The van der Waals surface area contributed by atoms with Crippen LogP contribution < -0.4 is 16.4 Å². The van der Waals surface area contributed by atoms with Crippen LogP contribution in [0.25, 0.3) is 0 Å². The number of benzene rings is 1. The number of anilines is 1. The molecule has 4 N–H and O–H groups in total. The van der Waals surface area contributed by atoms with Gasteiger partial charge in [-0.1, -0.05) is 11.6 Å². The van der Waals surface area contributed by atoms with Crippen LogP contribution in [-0.2, 0) is 9.59 Å². The molecule has 0 aliphatic rings. The minimum atomic E-state index is -0.525. The highest BCUT2D eigenvalue weighted by Gasteiger charge is 2.06. The summed E-state index contributed by atoms with van der Waals surface area (Å²) in [5, 5.41) is 6.01. The number of hydrogen-bond donors (Lipinski definition) is 3. The Labute approximate surface area is 129 Å². The van der Waals surface area contributed by atoms with Gasteiger partial charge >= 0.3 is 0 Å². The minimum absolute atomic E-state index is 0. The number of amides is 2. The van der Waals surface area contributed by atoms with Crippen LogP contribution in [0.2, 0.25) is 5.02 Å². The molecule has 1 atom stereocenters. The highest BCUT2D eigenvalue weighted by atomic mass is 35.5. The second-order valence-electron chi connectivity index (χ2n) is 4.24. The molecule has 0 unspecified atom stereocenters. The number of rotatable bonds is 6. The molecule has 20 heavy (non-hydrogen) atoms. The molecule has 0 aliphatic carbocycles. The highest BCUT2D eigenvalue weighted by Crippen LogP contribution is 2.13. The van der Waals surface area contributed by atoms with Gasteiger partial charge in [0.05, 0.1) is 6.04 Å². The van der Waals surface area contributed by atoms with E-state index in [4.69, 9.17) is 17.3 Å². The summed E-state index contributed by atoms with van der Waals surface area (Å²) in [6, 6.07) is 6.36. The second kappa shape index (κ2) is 9.58. The fraction of sp³-hybridized carbons (Fsp3) is 0.385. The van der Waals surface area contributed by atoms with Gasteiger partial charge in [0, 0.05) is 23.7 Å². The predicted molar refractivity (Wildman–Crippen MR) is 83.2 cm³/mol. The first kappa shape index (κ1) is 18.7. The van der Waals surface area contributed by atoms with Crippen molar-refractivity contribution in [1.82, 2.24) is 5.32 Å². The monoisotopic (exact) mass is 319 g/mol. The van der Waals surface area contributed by atoms with Crippen molar-refractivity contribution in [3.63, 3.8) is 0 Å². The summed E-state index contributed by atoms with van der Waals surface area (Å²) in [4.78, 5) is 22.8. The Bertz CT molecular complexity index is 436. The molecule has 1 rings (SSSR count). The minimum Gasteiger partial charge on any atom is -0.355 e. The smallest absolute Gasteiger partial charge is 0.236 e. The molecular formula is C13H19Cl2N3O2. The first-order chi connectivity index (χ1) is 8.99. The number of carbonyl (C=O) groups is 2. The fourth-order valence-corrected chi connectivity index (χ4v) is 1.50. The lowest BCUT2D eigenvalue weighted by atomic mass is 10.2. The normalized spacial score (nSPS) is 11.2. The van der Waals surface area contributed by atoms with Crippen LogP contribution in [0, 0.1) is 0 Å². The zero-order valence-corrected chi connectivity index (χ0v) is 12.8. The summed E-state index contributed by atoms with van der Waals surface area (Å²) < 4.78 is 0. The van der Waals surface area contributed by atoms with Crippen LogP contribution in [0.4, 0.5) is 5.69 Å². The number of carbonyl (C=O) groups excluding carboxylic acids is 2. The van der Waals surface area contributed by atoms with Crippen molar-refractivity contribution in [1.29, 1.82) is 0 Å². The van der Waals surface area contributed by atoms with Crippen LogP contribution >= 0.6 is 24.0 Å². The summed E-state index contributed by atoms with van der Waals surface area (Å²) >= 11 is 5.74. The van der Waals surface area contributed by atoms with Crippen molar-refractivity contribution >= 4 is 41.5 Å². The Balaban J connectivity index is 0.00000361. The molecule has 7 heteroatoms. The van der Waals surface area contributed by atoms with Crippen molar-refractivity contribution in [3.8, 4) is 0 Å². The SMILES string of the molecule is C[C@H](N)C(=O)NCCCC(=O)Nc1ccc(Cl)cc1.Cl. The zero-order chi connectivity index (χ0) is 14.3. The summed E-state index contributed by atoms with van der Waals surface area (Å²) in [5.74, 6) is -0.310. The predicted octanol–water partition coefficient (Wildman–Crippen LogP) is 1.94. The molecule has 0 saturated heterocycles. The molecule has 0 bridgehead atoms. The van der Waals surface area contributed by atoms with E-state index in [1.807, 2.05) is 0 Å². The Hall–Kier alpha value is -1.30. The molecule has 1 aromatic carbocycles. The van der Waals surface area contributed by atoms with Gasteiger partial charge in [0.1, 0.15) is 0 Å². The third kappa shape index (κ3) is 7.33. The Kier molecular flexibility index (Phi) is 8.96. The van der Waals surface area contributed by atoms with Crippen molar-refractivity contribution in [3.05, 3.63) is 29.3 Å². The van der Waals surface area contributed by atoms with Crippen molar-refractivity contribution in [2.75, 3.05) is 11.9 Å². The summed E-state index contributed by atoms with van der Waals surface area (Å²) in [6.45, 7) is 2.05. The van der Waals surface area contributed by atoms with E-state index in [1.165, 1.54) is 0 Å². The maximum atomic E-state index is 11.6. The zero-order valence-electron chi connectivity index (χ0n) is 11.2. The summed E-state index contributed by atoms with van der Waals surface area (Å²) in [7, 11) is 0. The van der Waals surface area contributed by atoms with Gasteiger partial charge in [-0.05, 0) is 37.6 Å². The number of nitrogens with two attached hydrogens (primary N) is 1. The average molecular weight is 320 g/mol. The van der Waals surface area contributed by atoms with Crippen molar-refractivity contribution in [2.24, 2.45) is 5.73 Å². The quantitative estimate of drug-likeness (QED) is 0.700. The van der Waals surface area contributed by atoms with Crippen LogP contribution in [0.3, 0.4) is 0 Å². The van der Waals surface area contributed by atoms with Gasteiger partial charge in [0.2, 0.25) is 11.8 Å². The molecule has 0 aromatic heterocycles. The summed E-state index contributed by atoms with van der Waals surface area (Å²) in [5.41, 5.74) is 6.09. The molecule has 112 valence electrons. The molecule has 5 nitrogen and oxygen atoms in total. The highest BCUT2D eigenvalue weighted by molar-refractivity contribution is 6.30. The lowest BCUT2D eigenvalue weighted by molar-refractivity contribution is -0.122. The second-order valence-corrected chi connectivity index (χ2v) is 4.67. The van der Waals surface area contributed by atoms with Crippen LogP contribution in [-0.4, -0.2) is 24.4 Å². The van der Waals surface area contributed by atoms with E-state index in [0.29, 0.717) is 30.1 Å². The standard InChI is InChI=1S/C13H18ClN3O2.ClH/c1-9(15)13(19)16-8-2-3-12(18)17-11-6-4-10(14)5-7-11;/h4-7,9H,2-3,8,15H2,1H3,(H,16,19)(H,17,18);1H/t9-;/m0./s1. The molecule has 0 fully saturated rings. The van der Waals surface area contributed by atoms with Gasteiger partial charge < -0.3 is 16.4 Å². The van der Waals surface area contributed by atoms with Gasteiger partial charge in [-0.25, -0.2) is 0 Å². The molecule has 0 radical (unpaired) electrons. The maximum absolute atomic E-state index is 11.6. The van der Waals surface area contributed by atoms with Gasteiger partial charge in [-0.15, -0.1) is 12.4 Å². The van der Waals surface area contributed by atoms with Gasteiger partial charge in [0.15, 0.2) is 0 Å². The largest absolute Gasteiger partial charge is 0.355 e. The van der Waals surface area contributed by atoms with E-state index in [2.05, 4.69) is 10.6 Å². The van der Waals surface area contributed by atoms with Crippen molar-refractivity contribution < 1.29 is 9.59 Å². The van der Waals surface area contributed by atoms with E-state index in [-0.39, 0.29) is 24.2 Å². The molecule has 1 aromatic rings. The molecule has 2 amide bonds.